The fourth-order valence-corrected chi connectivity index (χ4v) is 0.972. The van der Waals surface area contributed by atoms with Gasteiger partial charge in [-0.25, -0.2) is 4.79 Å². The van der Waals surface area contributed by atoms with Crippen LogP contribution in [0.3, 0.4) is 0 Å². The van der Waals surface area contributed by atoms with E-state index in [1.165, 1.54) is 0 Å². The van der Waals surface area contributed by atoms with Crippen molar-refractivity contribution in [1.29, 1.82) is 0 Å². The van der Waals surface area contributed by atoms with Crippen LogP contribution < -0.4 is 10.6 Å². The van der Waals surface area contributed by atoms with Crippen molar-refractivity contribution in [1.82, 2.24) is 10.3 Å². The van der Waals surface area contributed by atoms with Gasteiger partial charge in [-0.15, -0.1) is 11.6 Å². The number of rotatable bonds is 3. The molecule has 2 N–H and O–H groups in total. The zero-order valence-electron chi connectivity index (χ0n) is 7.88. The molecule has 0 aromatic carbocycles. The van der Waals surface area contributed by atoms with Gasteiger partial charge < -0.3 is 10.6 Å². The summed E-state index contributed by atoms with van der Waals surface area (Å²) in [7, 11) is 0. The van der Waals surface area contributed by atoms with Crippen molar-refractivity contribution in [3.8, 4) is 0 Å². The van der Waals surface area contributed by atoms with Crippen molar-refractivity contribution >= 4 is 23.3 Å². The van der Waals surface area contributed by atoms with Gasteiger partial charge in [0.05, 0.1) is 11.9 Å². The van der Waals surface area contributed by atoms with E-state index in [1.54, 1.807) is 12.3 Å². The van der Waals surface area contributed by atoms with Gasteiger partial charge in [-0.05, 0) is 19.1 Å². The molecule has 0 saturated carbocycles. The van der Waals surface area contributed by atoms with Crippen LogP contribution in [-0.2, 0) is 0 Å². The van der Waals surface area contributed by atoms with Crippen molar-refractivity contribution in [3.63, 3.8) is 0 Å². The number of carbonyl (C=O) groups excluding carboxylic acids is 1. The number of alkyl halides is 1. The predicted octanol–water partition coefficient (Wildman–Crippen LogP) is 1.75. The number of hydrogen-bond donors (Lipinski definition) is 2. The van der Waals surface area contributed by atoms with Gasteiger partial charge in [-0.1, -0.05) is 0 Å². The summed E-state index contributed by atoms with van der Waals surface area (Å²) in [5, 5.41) is 5.22. The smallest absolute Gasteiger partial charge is 0.319 e. The molecule has 0 spiro atoms. The summed E-state index contributed by atoms with van der Waals surface area (Å²) < 4.78 is 0. The Balaban J connectivity index is 2.44. The maximum Gasteiger partial charge on any atom is 0.319 e. The van der Waals surface area contributed by atoms with Crippen LogP contribution in [0, 0.1) is 6.92 Å². The van der Waals surface area contributed by atoms with Crippen molar-refractivity contribution in [2.45, 2.75) is 6.92 Å². The fraction of sp³-hybridized carbons (Fsp3) is 0.333. The third-order valence-corrected chi connectivity index (χ3v) is 1.74. The van der Waals surface area contributed by atoms with Crippen molar-refractivity contribution in [3.05, 3.63) is 24.0 Å². The van der Waals surface area contributed by atoms with Gasteiger partial charge >= 0.3 is 6.03 Å². The number of nitrogens with one attached hydrogen (secondary N) is 2. The Morgan fingerprint density at radius 1 is 1.57 bits per heavy atom. The number of aryl methyl sites for hydroxylation is 1. The second-order valence-electron chi connectivity index (χ2n) is 2.76. The highest BCUT2D eigenvalue weighted by atomic mass is 35.5. The second-order valence-corrected chi connectivity index (χ2v) is 3.14. The molecule has 5 heteroatoms. The molecular formula is C9H12ClN3O. The fourth-order valence-electron chi connectivity index (χ4n) is 0.878. The zero-order valence-corrected chi connectivity index (χ0v) is 8.64. The molecular weight excluding hydrogens is 202 g/mol. The number of urea groups is 1. The minimum Gasteiger partial charge on any atom is -0.337 e. The van der Waals surface area contributed by atoms with E-state index >= 15 is 0 Å². The molecule has 0 atom stereocenters. The molecule has 0 fully saturated rings. The van der Waals surface area contributed by atoms with Crippen LogP contribution in [0.15, 0.2) is 18.3 Å². The van der Waals surface area contributed by atoms with E-state index in [1.807, 2.05) is 13.0 Å². The molecule has 0 radical (unpaired) electrons. The van der Waals surface area contributed by atoms with E-state index in [-0.39, 0.29) is 6.03 Å². The number of anilines is 1. The van der Waals surface area contributed by atoms with Gasteiger partial charge in [0.2, 0.25) is 0 Å². The van der Waals surface area contributed by atoms with Gasteiger partial charge in [0.25, 0.3) is 0 Å². The van der Waals surface area contributed by atoms with Crippen molar-refractivity contribution < 1.29 is 4.79 Å². The SMILES string of the molecule is Cc1ccc(NC(=O)NCCCl)cn1. The van der Waals surface area contributed by atoms with Crippen LogP contribution in [0.25, 0.3) is 0 Å². The van der Waals surface area contributed by atoms with Crippen LogP contribution in [0.2, 0.25) is 0 Å². The largest absolute Gasteiger partial charge is 0.337 e. The quantitative estimate of drug-likeness (QED) is 0.752. The molecule has 0 aliphatic heterocycles. The Bertz CT molecular complexity index is 299. The van der Waals surface area contributed by atoms with Gasteiger partial charge in [0.1, 0.15) is 0 Å². The number of hydrogen-bond acceptors (Lipinski definition) is 2. The van der Waals surface area contributed by atoms with Crippen molar-refractivity contribution in [2.24, 2.45) is 0 Å². The van der Waals surface area contributed by atoms with Gasteiger partial charge in [-0.3, -0.25) is 4.98 Å². The summed E-state index contributed by atoms with van der Waals surface area (Å²) in [5.41, 5.74) is 1.58. The maximum atomic E-state index is 11.1. The molecule has 0 bridgehead atoms. The van der Waals surface area contributed by atoms with E-state index in [0.717, 1.165) is 5.69 Å². The Labute approximate surface area is 87.7 Å². The number of halogens is 1. The highest BCUT2D eigenvalue weighted by Gasteiger charge is 1.99. The Hall–Kier alpha value is -1.29. The molecule has 4 nitrogen and oxygen atoms in total. The molecule has 0 aliphatic rings. The first-order valence-electron chi connectivity index (χ1n) is 4.26. The van der Waals surface area contributed by atoms with E-state index in [0.29, 0.717) is 18.1 Å². The summed E-state index contributed by atoms with van der Waals surface area (Å²) >= 11 is 5.41. The van der Waals surface area contributed by atoms with Gasteiger partial charge in [-0.2, -0.15) is 0 Å². The average Bonchev–Trinajstić information content (AvgIpc) is 2.18. The normalized spacial score (nSPS) is 9.57. The molecule has 2 amide bonds. The lowest BCUT2D eigenvalue weighted by Crippen LogP contribution is -2.30. The summed E-state index contributed by atoms with van der Waals surface area (Å²) in [5.74, 6) is 0.402. The molecule has 1 aromatic rings. The van der Waals surface area contributed by atoms with Crippen LogP contribution in [0.1, 0.15) is 5.69 Å². The minimum atomic E-state index is -0.267. The third kappa shape index (κ3) is 3.62. The highest BCUT2D eigenvalue weighted by Crippen LogP contribution is 2.04. The van der Waals surface area contributed by atoms with Crippen LogP contribution in [0.4, 0.5) is 10.5 Å². The maximum absolute atomic E-state index is 11.1. The number of nitrogens with zero attached hydrogens (tertiary/aromatic N) is 1. The molecule has 1 rings (SSSR count). The molecule has 14 heavy (non-hydrogen) atoms. The molecule has 0 aliphatic carbocycles. The predicted molar refractivity (Wildman–Crippen MR) is 56.7 cm³/mol. The molecule has 1 aromatic heterocycles. The lowest BCUT2D eigenvalue weighted by atomic mass is 10.3. The zero-order chi connectivity index (χ0) is 10.4. The molecule has 0 unspecified atom stereocenters. The summed E-state index contributed by atoms with van der Waals surface area (Å²) in [4.78, 5) is 15.2. The summed E-state index contributed by atoms with van der Waals surface area (Å²) in [6.07, 6.45) is 1.61. The first-order chi connectivity index (χ1) is 6.72. The van der Waals surface area contributed by atoms with E-state index < -0.39 is 0 Å². The second kappa shape index (κ2) is 5.44. The Kier molecular flexibility index (Phi) is 4.19. The Morgan fingerprint density at radius 3 is 2.93 bits per heavy atom. The molecule has 1 heterocycles. The standard InChI is InChI=1S/C9H12ClN3O/c1-7-2-3-8(6-12-7)13-9(14)11-5-4-10/h2-3,6H,4-5H2,1H3,(H2,11,13,14). The molecule has 76 valence electrons. The summed E-state index contributed by atoms with van der Waals surface area (Å²) in [6, 6.07) is 3.36. The Morgan fingerprint density at radius 2 is 2.36 bits per heavy atom. The first-order valence-corrected chi connectivity index (χ1v) is 4.79. The van der Waals surface area contributed by atoms with Crippen LogP contribution in [0.5, 0.6) is 0 Å². The van der Waals surface area contributed by atoms with Gasteiger partial charge in [0, 0.05) is 18.1 Å². The topological polar surface area (TPSA) is 54.0 Å². The average molecular weight is 214 g/mol. The first kappa shape index (κ1) is 10.8. The molecule has 0 saturated heterocycles. The van der Waals surface area contributed by atoms with E-state index in [9.17, 15) is 4.79 Å². The lowest BCUT2D eigenvalue weighted by Gasteiger charge is -2.05. The number of pyridine rings is 1. The van der Waals surface area contributed by atoms with Crippen LogP contribution in [-0.4, -0.2) is 23.4 Å². The van der Waals surface area contributed by atoms with E-state index in [4.69, 9.17) is 11.6 Å². The number of carbonyl (C=O) groups is 1. The lowest BCUT2D eigenvalue weighted by molar-refractivity contribution is 0.252. The number of amides is 2. The third-order valence-electron chi connectivity index (χ3n) is 1.55. The summed E-state index contributed by atoms with van der Waals surface area (Å²) in [6.45, 7) is 2.34. The van der Waals surface area contributed by atoms with E-state index in [2.05, 4.69) is 15.6 Å². The highest BCUT2D eigenvalue weighted by molar-refractivity contribution is 6.18. The van der Waals surface area contributed by atoms with Crippen molar-refractivity contribution in [2.75, 3.05) is 17.7 Å². The van der Waals surface area contributed by atoms with Gasteiger partial charge in [0.15, 0.2) is 0 Å². The van der Waals surface area contributed by atoms with Crippen LogP contribution >= 0.6 is 11.6 Å². The monoisotopic (exact) mass is 213 g/mol. The minimum absolute atomic E-state index is 0.267. The number of aromatic nitrogens is 1.